The summed E-state index contributed by atoms with van der Waals surface area (Å²) in [6.45, 7) is 3.60. The Bertz CT molecular complexity index is 808. The second-order valence-corrected chi connectivity index (χ2v) is 8.16. The van der Waals surface area contributed by atoms with Crippen molar-refractivity contribution in [1.29, 1.82) is 0 Å². The number of thiophene rings is 1. The van der Waals surface area contributed by atoms with E-state index < -0.39 is 0 Å². The summed E-state index contributed by atoms with van der Waals surface area (Å²) in [5.74, 6) is 1.38. The van der Waals surface area contributed by atoms with Crippen LogP contribution in [0.2, 0.25) is 0 Å². The first-order valence-corrected chi connectivity index (χ1v) is 10.2. The summed E-state index contributed by atoms with van der Waals surface area (Å²) in [4.78, 5) is 31.8. The van der Waals surface area contributed by atoms with Gasteiger partial charge in [-0.2, -0.15) is 0 Å². The van der Waals surface area contributed by atoms with Crippen molar-refractivity contribution in [1.82, 2.24) is 14.5 Å². The number of likely N-dealkylation sites (tertiary alicyclic amines) is 1. The largest absolute Gasteiger partial charge is 0.336 e. The van der Waals surface area contributed by atoms with Crippen molar-refractivity contribution < 1.29 is 9.59 Å². The lowest BCUT2D eigenvalue weighted by molar-refractivity contribution is -0.117. The fraction of sp³-hybridized carbons (Fsp3) is 0.526. The van der Waals surface area contributed by atoms with E-state index in [-0.39, 0.29) is 17.7 Å². The molecule has 2 aromatic heterocycles. The SMILES string of the molecule is CCc1nccn1C1CCCN(C(=O)c2ccc(NC(=O)C3CC3)s2)C1. The molecule has 6 nitrogen and oxygen atoms in total. The summed E-state index contributed by atoms with van der Waals surface area (Å²) in [5.41, 5.74) is 0. The minimum absolute atomic E-state index is 0.0600. The Balaban J connectivity index is 1.42. The van der Waals surface area contributed by atoms with Crippen LogP contribution in [0.25, 0.3) is 0 Å². The zero-order valence-electron chi connectivity index (χ0n) is 15.0. The van der Waals surface area contributed by atoms with Gasteiger partial charge in [-0.3, -0.25) is 9.59 Å². The molecule has 26 heavy (non-hydrogen) atoms. The van der Waals surface area contributed by atoms with Crippen molar-refractivity contribution in [3.8, 4) is 0 Å². The van der Waals surface area contributed by atoms with E-state index in [1.807, 2.05) is 29.4 Å². The van der Waals surface area contributed by atoms with E-state index in [0.717, 1.165) is 49.5 Å². The number of rotatable bonds is 5. The second-order valence-electron chi connectivity index (χ2n) is 7.08. The topological polar surface area (TPSA) is 67.2 Å². The smallest absolute Gasteiger partial charge is 0.264 e. The molecule has 4 rings (SSSR count). The maximum atomic E-state index is 12.9. The summed E-state index contributed by atoms with van der Waals surface area (Å²) in [5, 5.41) is 3.69. The Kier molecular flexibility index (Phi) is 4.80. The van der Waals surface area contributed by atoms with Crippen LogP contribution in [0.15, 0.2) is 24.5 Å². The minimum atomic E-state index is 0.0600. The molecule has 2 aromatic rings. The number of carbonyl (C=O) groups is 2. The monoisotopic (exact) mass is 372 g/mol. The summed E-state index contributed by atoms with van der Waals surface area (Å²) >= 11 is 1.37. The van der Waals surface area contributed by atoms with E-state index in [9.17, 15) is 9.59 Å². The number of piperidine rings is 1. The van der Waals surface area contributed by atoms with Gasteiger partial charge in [0.2, 0.25) is 5.91 Å². The zero-order valence-corrected chi connectivity index (χ0v) is 15.8. The molecule has 1 unspecified atom stereocenters. The van der Waals surface area contributed by atoms with Gasteiger partial charge in [0.25, 0.3) is 5.91 Å². The summed E-state index contributed by atoms with van der Waals surface area (Å²) in [6.07, 6.45) is 8.78. The van der Waals surface area contributed by atoms with Gasteiger partial charge >= 0.3 is 0 Å². The molecule has 2 fully saturated rings. The first kappa shape index (κ1) is 17.3. The van der Waals surface area contributed by atoms with E-state index in [1.165, 1.54) is 11.3 Å². The third kappa shape index (κ3) is 3.53. The molecule has 0 aromatic carbocycles. The maximum absolute atomic E-state index is 12.9. The van der Waals surface area contributed by atoms with E-state index in [4.69, 9.17) is 0 Å². The number of aromatic nitrogens is 2. The van der Waals surface area contributed by atoms with Crippen molar-refractivity contribution >= 4 is 28.2 Å². The maximum Gasteiger partial charge on any atom is 0.264 e. The van der Waals surface area contributed by atoms with Gasteiger partial charge in [0.1, 0.15) is 5.82 Å². The quantitative estimate of drug-likeness (QED) is 0.875. The predicted molar refractivity (Wildman–Crippen MR) is 101 cm³/mol. The summed E-state index contributed by atoms with van der Waals surface area (Å²) < 4.78 is 2.22. The highest BCUT2D eigenvalue weighted by atomic mass is 32.1. The Hall–Kier alpha value is -2.15. The molecule has 1 N–H and O–H groups in total. The van der Waals surface area contributed by atoms with Crippen LogP contribution in [0.5, 0.6) is 0 Å². The molecule has 1 aliphatic heterocycles. The third-order valence-corrected chi connectivity index (χ3v) is 6.14. The molecular weight excluding hydrogens is 348 g/mol. The first-order chi connectivity index (χ1) is 12.7. The van der Waals surface area contributed by atoms with E-state index in [2.05, 4.69) is 21.8 Å². The number of hydrogen-bond acceptors (Lipinski definition) is 4. The van der Waals surface area contributed by atoms with Crippen molar-refractivity contribution in [2.24, 2.45) is 5.92 Å². The average Bonchev–Trinajstić information content (AvgIpc) is 3.23. The Labute approximate surface area is 157 Å². The molecule has 7 heteroatoms. The van der Waals surface area contributed by atoms with Crippen LogP contribution in [0.1, 0.15) is 54.1 Å². The lowest BCUT2D eigenvalue weighted by Crippen LogP contribution is -2.40. The Morgan fingerprint density at radius 1 is 1.31 bits per heavy atom. The van der Waals surface area contributed by atoms with Gasteiger partial charge in [-0.05, 0) is 37.8 Å². The number of amides is 2. The normalized spacial score (nSPS) is 20.2. The first-order valence-electron chi connectivity index (χ1n) is 9.37. The lowest BCUT2D eigenvalue weighted by atomic mass is 10.0. The van der Waals surface area contributed by atoms with Crippen LogP contribution in [0.3, 0.4) is 0 Å². The van der Waals surface area contributed by atoms with E-state index >= 15 is 0 Å². The van der Waals surface area contributed by atoms with Gasteiger partial charge in [-0.1, -0.05) is 6.92 Å². The fourth-order valence-electron chi connectivity index (χ4n) is 3.56. The van der Waals surface area contributed by atoms with Gasteiger partial charge in [-0.25, -0.2) is 4.98 Å². The summed E-state index contributed by atoms with van der Waals surface area (Å²) in [7, 11) is 0. The van der Waals surface area contributed by atoms with Crippen LogP contribution < -0.4 is 5.32 Å². The molecule has 0 spiro atoms. The van der Waals surface area contributed by atoms with Crippen molar-refractivity contribution in [2.75, 3.05) is 18.4 Å². The van der Waals surface area contributed by atoms with Crippen molar-refractivity contribution in [2.45, 2.75) is 45.1 Å². The van der Waals surface area contributed by atoms with Crippen LogP contribution in [0, 0.1) is 5.92 Å². The molecule has 1 saturated heterocycles. The number of hydrogen-bond donors (Lipinski definition) is 1. The van der Waals surface area contributed by atoms with Gasteiger partial charge in [0, 0.05) is 37.8 Å². The molecular formula is C19H24N4O2S. The standard InChI is InChI=1S/C19H24N4O2S/c1-2-16-20-9-11-23(16)14-4-3-10-22(12-14)19(25)15-7-8-17(26-15)21-18(24)13-5-6-13/h7-9,11,13-14H,2-6,10,12H2,1H3,(H,21,24). The van der Waals surface area contributed by atoms with Gasteiger partial charge in [0.05, 0.1) is 15.9 Å². The number of carbonyl (C=O) groups excluding carboxylic acids is 2. The third-order valence-electron chi connectivity index (χ3n) is 5.15. The molecule has 0 radical (unpaired) electrons. The van der Waals surface area contributed by atoms with Gasteiger partial charge in [0.15, 0.2) is 0 Å². The fourth-order valence-corrected chi connectivity index (χ4v) is 4.44. The highest BCUT2D eigenvalue weighted by Gasteiger charge is 2.30. The highest BCUT2D eigenvalue weighted by molar-refractivity contribution is 7.18. The summed E-state index contributed by atoms with van der Waals surface area (Å²) in [6, 6.07) is 3.96. The average molecular weight is 372 g/mol. The predicted octanol–water partition coefficient (Wildman–Crippen LogP) is 3.33. The molecule has 2 amide bonds. The Morgan fingerprint density at radius 2 is 2.15 bits per heavy atom. The minimum Gasteiger partial charge on any atom is -0.336 e. The van der Waals surface area contributed by atoms with Crippen LogP contribution >= 0.6 is 11.3 Å². The molecule has 3 heterocycles. The van der Waals surface area contributed by atoms with Crippen LogP contribution in [-0.2, 0) is 11.2 Å². The molecule has 1 saturated carbocycles. The van der Waals surface area contributed by atoms with Crippen LogP contribution in [0.4, 0.5) is 5.00 Å². The Morgan fingerprint density at radius 3 is 2.92 bits per heavy atom. The number of nitrogens with zero attached hydrogens (tertiary/aromatic N) is 3. The number of anilines is 1. The number of aryl methyl sites for hydroxylation is 1. The molecule has 138 valence electrons. The van der Waals surface area contributed by atoms with Crippen molar-refractivity contribution in [3.05, 3.63) is 35.2 Å². The highest BCUT2D eigenvalue weighted by Crippen LogP contribution is 2.32. The van der Waals surface area contributed by atoms with Gasteiger partial charge < -0.3 is 14.8 Å². The molecule has 0 bridgehead atoms. The van der Waals surface area contributed by atoms with Crippen LogP contribution in [-0.4, -0.2) is 39.4 Å². The second kappa shape index (κ2) is 7.23. The lowest BCUT2D eigenvalue weighted by Gasteiger charge is -2.33. The van der Waals surface area contributed by atoms with E-state index in [1.54, 1.807) is 0 Å². The zero-order chi connectivity index (χ0) is 18.1. The number of imidazole rings is 1. The molecule has 1 aliphatic carbocycles. The van der Waals surface area contributed by atoms with E-state index in [0.29, 0.717) is 17.5 Å². The van der Waals surface area contributed by atoms with Crippen molar-refractivity contribution in [3.63, 3.8) is 0 Å². The number of nitrogens with one attached hydrogen (secondary N) is 1. The molecule has 2 aliphatic rings. The van der Waals surface area contributed by atoms with Gasteiger partial charge in [-0.15, -0.1) is 11.3 Å². The molecule has 1 atom stereocenters.